The number of rotatable bonds is 4. The van der Waals surface area contributed by atoms with Crippen LogP contribution in [0.5, 0.6) is 0 Å². The Morgan fingerprint density at radius 1 is 1.30 bits per heavy atom. The Hall–Kier alpha value is -2.39. The van der Waals surface area contributed by atoms with Crippen LogP contribution in [0.1, 0.15) is 16.1 Å². The van der Waals surface area contributed by atoms with E-state index in [1.165, 1.54) is 18.3 Å². The number of nitrogens with one attached hydrogen (secondary N) is 2. The molecule has 0 fully saturated rings. The lowest BCUT2D eigenvalue weighted by Gasteiger charge is -2.05. The van der Waals surface area contributed by atoms with E-state index in [9.17, 15) is 13.2 Å². The van der Waals surface area contributed by atoms with Crippen molar-refractivity contribution in [2.45, 2.75) is 11.4 Å². The normalized spacial score (nSPS) is 11.2. The highest BCUT2D eigenvalue weighted by molar-refractivity contribution is 7.89. The van der Waals surface area contributed by atoms with Gasteiger partial charge in [0.05, 0.1) is 16.8 Å². The van der Waals surface area contributed by atoms with Crippen molar-refractivity contribution >= 4 is 21.6 Å². The van der Waals surface area contributed by atoms with Crippen molar-refractivity contribution in [3.05, 3.63) is 41.7 Å². The first kappa shape index (κ1) is 14.0. The van der Waals surface area contributed by atoms with Gasteiger partial charge < -0.3 is 11.1 Å². The number of H-pyrrole nitrogens is 1. The first-order valence-electron chi connectivity index (χ1n) is 5.56. The molecule has 0 spiro atoms. The standard InChI is InChI=1S/C11H13N5O3S/c12-9-6-15-16-10(9)11(17)14-5-7-1-3-8(4-2-7)20(13,18)19/h1-4,6H,5,12H2,(H,14,17)(H,15,16)(H2,13,18,19). The van der Waals surface area contributed by atoms with Crippen molar-refractivity contribution in [3.63, 3.8) is 0 Å². The molecule has 0 bridgehead atoms. The van der Waals surface area contributed by atoms with Gasteiger partial charge in [0.25, 0.3) is 5.91 Å². The van der Waals surface area contributed by atoms with Crippen LogP contribution in [0.15, 0.2) is 35.4 Å². The molecule has 2 aromatic rings. The SMILES string of the molecule is Nc1cn[nH]c1C(=O)NCc1ccc(S(N)(=O)=O)cc1. The Morgan fingerprint density at radius 3 is 2.45 bits per heavy atom. The zero-order chi connectivity index (χ0) is 14.8. The summed E-state index contributed by atoms with van der Waals surface area (Å²) >= 11 is 0. The topological polar surface area (TPSA) is 144 Å². The van der Waals surface area contributed by atoms with Gasteiger partial charge in [-0.1, -0.05) is 12.1 Å². The molecule has 0 saturated heterocycles. The van der Waals surface area contributed by atoms with Gasteiger partial charge in [0.15, 0.2) is 0 Å². The summed E-state index contributed by atoms with van der Waals surface area (Å²) < 4.78 is 22.2. The number of aromatic nitrogens is 2. The number of sulfonamides is 1. The molecular weight excluding hydrogens is 282 g/mol. The molecule has 0 radical (unpaired) electrons. The number of nitrogens with zero attached hydrogens (tertiary/aromatic N) is 1. The average Bonchev–Trinajstić information content (AvgIpc) is 2.82. The van der Waals surface area contributed by atoms with Gasteiger partial charge >= 0.3 is 0 Å². The number of anilines is 1. The number of benzene rings is 1. The molecule has 8 nitrogen and oxygen atoms in total. The molecule has 0 aliphatic heterocycles. The fourth-order valence-corrected chi connectivity index (χ4v) is 2.06. The number of primary sulfonamides is 1. The van der Waals surface area contributed by atoms with E-state index in [0.29, 0.717) is 0 Å². The first-order valence-corrected chi connectivity index (χ1v) is 7.11. The second-order valence-electron chi connectivity index (χ2n) is 4.07. The van der Waals surface area contributed by atoms with Crippen LogP contribution in [0.2, 0.25) is 0 Å². The van der Waals surface area contributed by atoms with Crippen molar-refractivity contribution in [3.8, 4) is 0 Å². The zero-order valence-corrected chi connectivity index (χ0v) is 11.1. The van der Waals surface area contributed by atoms with E-state index in [-0.39, 0.29) is 22.8 Å². The van der Waals surface area contributed by atoms with Crippen LogP contribution in [-0.2, 0) is 16.6 Å². The van der Waals surface area contributed by atoms with E-state index in [4.69, 9.17) is 10.9 Å². The van der Waals surface area contributed by atoms with Crippen LogP contribution in [0.4, 0.5) is 5.69 Å². The highest BCUT2D eigenvalue weighted by atomic mass is 32.2. The van der Waals surface area contributed by atoms with Gasteiger partial charge in [-0.05, 0) is 17.7 Å². The number of carbonyl (C=O) groups excluding carboxylic acids is 1. The Morgan fingerprint density at radius 2 is 1.95 bits per heavy atom. The monoisotopic (exact) mass is 295 g/mol. The Bertz CT molecular complexity index is 721. The van der Waals surface area contributed by atoms with Crippen LogP contribution in [0.3, 0.4) is 0 Å². The smallest absolute Gasteiger partial charge is 0.271 e. The fraction of sp³-hybridized carbons (Fsp3) is 0.0909. The molecule has 1 aromatic carbocycles. The third-order valence-electron chi connectivity index (χ3n) is 2.60. The zero-order valence-electron chi connectivity index (χ0n) is 10.3. The van der Waals surface area contributed by atoms with Crippen LogP contribution in [0.25, 0.3) is 0 Å². The van der Waals surface area contributed by atoms with Crippen molar-refractivity contribution < 1.29 is 13.2 Å². The van der Waals surface area contributed by atoms with Crippen LogP contribution in [0, 0.1) is 0 Å². The van der Waals surface area contributed by atoms with E-state index in [0.717, 1.165) is 5.56 Å². The predicted molar refractivity (Wildman–Crippen MR) is 72.0 cm³/mol. The molecule has 106 valence electrons. The number of hydrogen-bond acceptors (Lipinski definition) is 5. The molecular formula is C11H13N5O3S. The summed E-state index contributed by atoms with van der Waals surface area (Å²) in [6.07, 6.45) is 1.34. The van der Waals surface area contributed by atoms with Crippen molar-refractivity contribution in [2.75, 3.05) is 5.73 Å². The summed E-state index contributed by atoms with van der Waals surface area (Å²) in [4.78, 5) is 11.8. The molecule has 20 heavy (non-hydrogen) atoms. The summed E-state index contributed by atoms with van der Waals surface area (Å²) in [5.74, 6) is -0.393. The lowest BCUT2D eigenvalue weighted by molar-refractivity contribution is 0.0946. The molecule has 0 saturated carbocycles. The van der Waals surface area contributed by atoms with E-state index in [1.54, 1.807) is 12.1 Å². The third kappa shape index (κ3) is 3.13. The second-order valence-corrected chi connectivity index (χ2v) is 5.63. The quantitative estimate of drug-likeness (QED) is 0.605. The molecule has 0 atom stereocenters. The summed E-state index contributed by atoms with van der Waals surface area (Å²) in [6.45, 7) is 0.224. The maximum Gasteiger partial charge on any atom is 0.271 e. The third-order valence-corrected chi connectivity index (χ3v) is 3.53. The largest absolute Gasteiger partial charge is 0.396 e. The molecule has 0 aliphatic carbocycles. The lowest BCUT2D eigenvalue weighted by Crippen LogP contribution is -2.24. The van der Waals surface area contributed by atoms with Gasteiger partial charge in [-0.3, -0.25) is 9.89 Å². The van der Waals surface area contributed by atoms with Gasteiger partial charge in [-0.2, -0.15) is 5.10 Å². The molecule has 1 aromatic heterocycles. The van der Waals surface area contributed by atoms with E-state index >= 15 is 0 Å². The highest BCUT2D eigenvalue weighted by Gasteiger charge is 2.11. The summed E-state index contributed by atoms with van der Waals surface area (Å²) in [7, 11) is -3.71. The average molecular weight is 295 g/mol. The Balaban J connectivity index is 2.02. The van der Waals surface area contributed by atoms with Crippen LogP contribution in [-0.4, -0.2) is 24.5 Å². The molecule has 1 amide bonds. The van der Waals surface area contributed by atoms with Crippen molar-refractivity contribution in [1.82, 2.24) is 15.5 Å². The maximum atomic E-state index is 11.7. The minimum atomic E-state index is -3.71. The van der Waals surface area contributed by atoms with Gasteiger partial charge in [0.2, 0.25) is 10.0 Å². The Labute approximate surface area is 115 Å². The molecule has 0 unspecified atom stereocenters. The summed E-state index contributed by atoms with van der Waals surface area (Å²) in [5.41, 5.74) is 6.71. The molecule has 6 N–H and O–H groups in total. The molecule has 2 rings (SSSR count). The van der Waals surface area contributed by atoms with Crippen LogP contribution >= 0.6 is 0 Å². The van der Waals surface area contributed by atoms with E-state index in [1.807, 2.05) is 0 Å². The number of carbonyl (C=O) groups is 1. The molecule has 1 heterocycles. The summed E-state index contributed by atoms with van der Waals surface area (Å²) in [5, 5.41) is 13.7. The minimum Gasteiger partial charge on any atom is -0.396 e. The molecule has 0 aliphatic rings. The second kappa shape index (κ2) is 5.31. The van der Waals surface area contributed by atoms with Crippen LogP contribution < -0.4 is 16.2 Å². The highest BCUT2D eigenvalue weighted by Crippen LogP contribution is 2.09. The molecule has 9 heteroatoms. The van der Waals surface area contributed by atoms with Crippen molar-refractivity contribution in [1.29, 1.82) is 0 Å². The number of nitrogens with two attached hydrogens (primary N) is 2. The fourth-order valence-electron chi connectivity index (χ4n) is 1.55. The Kier molecular flexibility index (Phi) is 3.72. The lowest BCUT2D eigenvalue weighted by atomic mass is 10.2. The number of amides is 1. The first-order chi connectivity index (χ1) is 9.38. The van der Waals surface area contributed by atoms with E-state index in [2.05, 4.69) is 15.5 Å². The van der Waals surface area contributed by atoms with Gasteiger partial charge in [0, 0.05) is 6.54 Å². The van der Waals surface area contributed by atoms with Crippen molar-refractivity contribution in [2.24, 2.45) is 5.14 Å². The maximum absolute atomic E-state index is 11.7. The van der Waals surface area contributed by atoms with Gasteiger partial charge in [-0.25, -0.2) is 13.6 Å². The number of hydrogen-bond donors (Lipinski definition) is 4. The summed E-state index contributed by atoms with van der Waals surface area (Å²) in [6, 6.07) is 5.88. The predicted octanol–water partition coefficient (Wildman–Crippen LogP) is -0.431. The van der Waals surface area contributed by atoms with Gasteiger partial charge in [0.1, 0.15) is 5.69 Å². The van der Waals surface area contributed by atoms with Gasteiger partial charge in [-0.15, -0.1) is 0 Å². The number of nitrogen functional groups attached to an aromatic ring is 1. The van der Waals surface area contributed by atoms with E-state index < -0.39 is 15.9 Å². The number of aromatic amines is 1. The minimum absolute atomic E-state index is 0.0189.